The molecule has 0 bridgehead atoms. The minimum Gasteiger partial charge on any atom is -0.360 e. The van der Waals surface area contributed by atoms with Crippen LogP contribution in [-0.2, 0) is 12.8 Å². The summed E-state index contributed by atoms with van der Waals surface area (Å²) in [6.45, 7) is 0. The number of thiophene rings is 1. The summed E-state index contributed by atoms with van der Waals surface area (Å²) in [6.07, 6.45) is 7.85. The van der Waals surface area contributed by atoms with E-state index in [9.17, 15) is 4.79 Å². The highest BCUT2D eigenvalue weighted by molar-refractivity contribution is 7.15. The van der Waals surface area contributed by atoms with Gasteiger partial charge < -0.3 is 4.98 Å². The number of nitrogens with zero attached hydrogens (tertiary/aromatic N) is 1. The number of carbonyl (C=O) groups is 1. The van der Waals surface area contributed by atoms with Crippen LogP contribution in [0.25, 0.3) is 11.4 Å². The van der Waals surface area contributed by atoms with E-state index in [1.165, 1.54) is 41.0 Å². The molecular weight excluding hydrogens is 326 g/mol. The maximum atomic E-state index is 12.5. The molecule has 6 heteroatoms. The van der Waals surface area contributed by atoms with Crippen molar-refractivity contribution in [1.82, 2.24) is 9.97 Å². The van der Waals surface area contributed by atoms with Crippen molar-refractivity contribution in [1.29, 1.82) is 0 Å². The number of fused-ring (bicyclic) bond motifs is 1. The molecule has 4 nitrogen and oxygen atoms in total. The van der Waals surface area contributed by atoms with Gasteiger partial charge in [-0.05, 0) is 49.4 Å². The highest BCUT2D eigenvalue weighted by Gasteiger charge is 2.17. The van der Waals surface area contributed by atoms with E-state index in [4.69, 9.17) is 0 Å². The molecule has 0 fully saturated rings. The average Bonchev–Trinajstić information content (AvgIpc) is 3.26. The highest BCUT2D eigenvalue weighted by atomic mass is 32.1. The zero-order valence-electron chi connectivity index (χ0n) is 12.6. The Morgan fingerprint density at radius 2 is 2.17 bits per heavy atom. The SMILES string of the molecule is O=C(Nc1nc(-c2ccc[nH]2)cs1)c1cc2c(s1)CCCCC2. The Balaban J connectivity index is 1.50. The van der Waals surface area contributed by atoms with Crippen LogP contribution in [0.2, 0.25) is 0 Å². The summed E-state index contributed by atoms with van der Waals surface area (Å²) < 4.78 is 0. The van der Waals surface area contributed by atoms with Crippen molar-refractivity contribution in [3.63, 3.8) is 0 Å². The Kier molecular flexibility index (Phi) is 4.01. The monoisotopic (exact) mass is 343 g/mol. The van der Waals surface area contributed by atoms with Gasteiger partial charge in [-0.15, -0.1) is 22.7 Å². The van der Waals surface area contributed by atoms with Gasteiger partial charge in [-0.1, -0.05) is 6.42 Å². The Labute approximate surface area is 142 Å². The van der Waals surface area contributed by atoms with Gasteiger partial charge in [0.05, 0.1) is 16.3 Å². The topological polar surface area (TPSA) is 57.8 Å². The standard InChI is InChI=1S/C17H17N3OS2/c21-16(15-9-11-5-2-1-3-7-14(11)23-15)20-17-19-13(10-22-17)12-6-4-8-18-12/h4,6,8-10,18H,1-3,5,7H2,(H,19,20,21). The number of hydrogen-bond donors (Lipinski definition) is 2. The molecule has 0 radical (unpaired) electrons. The fraction of sp³-hybridized carbons (Fsp3) is 0.294. The normalized spacial score (nSPS) is 14.3. The summed E-state index contributed by atoms with van der Waals surface area (Å²) >= 11 is 3.09. The van der Waals surface area contributed by atoms with Crippen LogP contribution in [0.3, 0.4) is 0 Å². The number of nitrogens with one attached hydrogen (secondary N) is 2. The van der Waals surface area contributed by atoms with Gasteiger partial charge >= 0.3 is 0 Å². The van der Waals surface area contributed by atoms with Crippen LogP contribution >= 0.6 is 22.7 Å². The zero-order valence-corrected chi connectivity index (χ0v) is 14.2. The van der Waals surface area contributed by atoms with Crippen LogP contribution in [-0.4, -0.2) is 15.9 Å². The third-order valence-corrected chi connectivity index (χ3v) is 6.06. The summed E-state index contributed by atoms with van der Waals surface area (Å²) in [5, 5.41) is 5.52. The smallest absolute Gasteiger partial charge is 0.267 e. The van der Waals surface area contributed by atoms with Crippen LogP contribution in [0.5, 0.6) is 0 Å². The second kappa shape index (κ2) is 6.29. The van der Waals surface area contributed by atoms with E-state index in [-0.39, 0.29) is 5.91 Å². The molecule has 1 aliphatic rings. The van der Waals surface area contributed by atoms with E-state index >= 15 is 0 Å². The number of amides is 1. The van der Waals surface area contributed by atoms with Gasteiger partial charge in [-0.25, -0.2) is 4.98 Å². The van der Waals surface area contributed by atoms with Crippen molar-refractivity contribution in [2.45, 2.75) is 32.1 Å². The highest BCUT2D eigenvalue weighted by Crippen LogP contribution is 2.30. The molecule has 3 aromatic rings. The first-order chi connectivity index (χ1) is 11.3. The van der Waals surface area contributed by atoms with E-state index in [0.29, 0.717) is 5.13 Å². The molecule has 0 saturated heterocycles. The fourth-order valence-corrected chi connectivity index (χ4v) is 4.74. The van der Waals surface area contributed by atoms with Crippen molar-refractivity contribution in [2.24, 2.45) is 0 Å². The molecule has 4 rings (SSSR count). The van der Waals surface area contributed by atoms with E-state index in [1.54, 1.807) is 11.3 Å². The first-order valence-electron chi connectivity index (χ1n) is 7.82. The summed E-state index contributed by atoms with van der Waals surface area (Å²) in [6, 6.07) is 5.97. The molecular formula is C17H17N3OS2. The first kappa shape index (κ1) is 14.7. The number of thiazole rings is 1. The van der Waals surface area contributed by atoms with Crippen molar-refractivity contribution in [3.8, 4) is 11.4 Å². The van der Waals surface area contributed by atoms with Crippen molar-refractivity contribution >= 4 is 33.7 Å². The first-order valence-corrected chi connectivity index (χ1v) is 9.51. The van der Waals surface area contributed by atoms with Gasteiger partial charge in [-0.3, -0.25) is 10.1 Å². The zero-order chi connectivity index (χ0) is 15.6. The average molecular weight is 343 g/mol. The Morgan fingerprint density at radius 1 is 1.26 bits per heavy atom. The van der Waals surface area contributed by atoms with Gasteiger partial charge in [0.15, 0.2) is 5.13 Å². The maximum absolute atomic E-state index is 12.5. The molecule has 2 N–H and O–H groups in total. The number of H-pyrrole nitrogens is 1. The summed E-state index contributed by atoms with van der Waals surface area (Å²) in [4.78, 5) is 22.3. The molecule has 3 aromatic heterocycles. The molecule has 0 aromatic carbocycles. The second-order valence-corrected chi connectivity index (χ2v) is 7.69. The molecule has 0 saturated carbocycles. The van der Waals surface area contributed by atoms with Crippen LogP contribution < -0.4 is 5.32 Å². The predicted octanol–water partition coefficient (Wildman–Crippen LogP) is 4.72. The molecule has 0 spiro atoms. The minimum atomic E-state index is -0.0459. The van der Waals surface area contributed by atoms with Crippen LogP contribution in [0.1, 0.15) is 39.4 Å². The number of rotatable bonds is 3. The second-order valence-electron chi connectivity index (χ2n) is 5.70. The van der Waals surface area contributed by atoms with Crippen molar-refractivity contribution in [3.05, 3.63) is 45.1 Å². The largest absolute Gasteiger partial charge is 0.360 e. The Hall–Kier alpha value is -1.92. The fourth-order valence-electron chi connectivity index (χ4n) is 2.88. The van der Waals surface area contributed by atoms with Gasteiger partial charge in [-0.2, -0.15) is 0 Å². The van der Waals surface area contributed by atoms with Crippen molar-refractivity contribution < 1.29 is 4.79 Å². The quantitative estimate of drug-likeness (QED) is 0.676. The molecule has 0 unspecified atom stereocenters. The van der Waals surface area contributed by atoms with Gasteiger partial charge in [0.25, 0.3) is 5.91 Å². The molecule has 23 heavy (non-hydrogen) atoms. The lowest BCUT2D eigenvalue weighted by atomic mass is 10.1. The molecule has 1 amide bonds. The number of hydrogen-bond acceptors (Lipinski definition) is 4. The molecule has 118 valence electrons. The predicted molar refractivity (Wildman–Crippen MR) is 95.4 cm³/mol. The van der Waals surface area contributed by atoms with E-state index in [0.717, 1.165) is 29.1 Å². The minimum absolute atomic E-state index is 0.0459. The summed E-state index contributed by atoms with van der Waals surface area (Å²) in [5.74, 6) is -0.0459. The number of aryl methyl sites for hydroxylation is 2. The molecule has 3 heterocycles. The van der Waals surface area contributed by atoms with Gasteiger partial charge in [0.1, 0.15) is 0 Å². The molecule has 1 aliphatic carbocycles. The van der Waals surface area contributed by atoms with Crippen molar-refractivity contribution in [2.75, 3.05) is 5.32 Å². The molecule has 0 atom stereocenters. The Bertz CT molecular complexity index is 793. The third kappa shape index (κ3) is 3.09. The number of carbonyl (C=O) groups excluding carboxylic acids is 1. The maximum Gasteiger partial charge on any atom is 0.267 e. The Morgan fingerprint density at radius 3 is 3.04 bits per heavy atom. The molecule has 0 aliphatic heterocycles. The van der Waals surface area contributed by atoms with E-state index in [2.05, 4.69) is 21.4 Å². The lowest BCUT2D eigenvalue weighted by Gasteiger charge is -1.98. The van der Waals surface area contributed by atoms with Crippen LogP contribution in [0, 0.1) is 0 Å². The summed E-state index contributed by atoms with van der Waals surface area (Å²) in [5.41, 5.74) is 3.19. The lowest BCUT2D eigenvalue weighted by molar-refractivity contribution is 0.103. The third-order valence-electron chi connectivity index (χ3n) is 4.07. The van der Waals surface area contributed by atoms with Crippen LogP contribution in [0.4, 0.5) is 5.13 Å². The van der Waals surface area contributed by atoms with E-state index in [1.807, 2.05) is 23.7 Å². The van der Waals surface area contributed by atoms with Gasteiger partial charge in [0, 0.05) is 16.5 Å². The van der Waals surface area contributed by atoms with E-state index < -0.39 is 0 Å². The lowest BCUT2D eigenvalue weighted by Crippen LogP contribution is -2.09. The summed E-state index contributed by atoms with van der Waals surface area (Å²) in [7, 11) is 0. The van der Waals surface area contributed by atoms with Crippen LogP contribution in [0.15, 0.2) is 29.8 Å². The van der Waals surface area contributed by atoms with Gasteiger partial charge in [0.2, 0.25) is 0 Å². The number of anilines is 1. The number of aromatic nitrogens is 2. The number of aromatic amines is 1.